The average molecular weight is 380 g/mol. The second kappa shape index (κ2) is 9.95. The Labute approximate surface area is 167 Å². The van der Waals surface area contributed by atoms with E-state index in [9.17, 15) is 4.79 Å². The van der Waals surface area contributed by atoms with E-state index in [-0.39, 0.29) is 5.91 Å². The van der Waals surface area contributed by atoms with E-state index in [1.54, 1.807) is 20.3 Å². The molecule has 1 heterocycles. The molecule has 0 atom stereocenters. The van der Waals surface area contributed by atoms with Gasteiger partial charge in [-0.25, -0.2) is 0 Å². The van der Waals surface area contributed by atoms with E-state index in [0.717, 1.165) is 56.2 Å². The largest absolute Gasteiger partial charge is 0.497 e. The normalized spacial score (nSPS) is 15.4. The molecule has 5 heteroatoms. The van der Waals surface area contributed by atoms with Crippen molar-refractivity contribution in [2.75, 3.05) is 40.4 Å². The molecule has 0 unspecified atom stereocenters. The monoisotopic (exact) mass is 380 g/mol. The number of rotatable bonds is 6. The highest BCUT2D eigenvalue weighted by Crippen LogP contribution is 2.15. The molecule has 1 amide bonds. The highest BCUT2D eigenvalue weighted by atomic mass is 16.5. The van der Waals surface area contributed by atoms with Crippen molar-refractivity contribution in [1.82, 2.24) is 9.80 Å². The van der Waals surface area contributed by atoms with Crippen LogP contribution >= 0.6 is 0 Å². The summed E-state index contributed by atoms with van der Waals surface area (Å²) < 4.78 is 10.4. The number of ether oxygens (including phenoxy) is 2. The van der Waals surface area contributed by atoms with Gasteiger partial charge < -0.3 is 14.4 Å². The lowest BCUT2D eigenvalue weighted by molar-refractivity contribution is -0.125. The molecule has 0 bridgehead atoms. The maximum Gasteiger partial charge on any atom is 0.246 e. The summed E-state index contributed by atoms with van der Waals surface area (Å²) in [5, 5.41) is 0. The SMILES string of the molecule is COc1ccc(/C=C/C(=O)N2CCCN(Cc3ccc(OC)cc3)CC2)cc1. The Morgan fingerprint density at radius 1 is 0.893 bits per heavy atom. The number of carbonyl (C=O) groups is 1. The summed E-state index contributed by atoms with van der Waals surface area (Å²) in [7, 11) is 3.32. The summed E-state index contributed by atoms with van der Waals surface area (Å²) in [6, 6.07) is 15.9. The van der Waals surface area contributed by atoms with Gasteiger partial charge in [0.15, 0.2) is 0 Å². The molecule has 1 aliphatic heterocycles. The van der Waals surface area contributed by atoms with Crippen molar-refractivity contribution in [2.24, 2.45) is 0 Å². The maximum atomic E-state index is 12.6. The third kappa shape index (κ3) is 5.60. The first-order chi connectivity index (χ1) is 13.7. The second-order valence-corrected chi connectivity index (χ2v) is 6.91. The third-order valence-electron chi connectivity index (χ3n) is 5.00. The molecule has 0 spiro atoms. The van der Waals surface area contributed by atoms with E-state index in [1.807, 2.05) is 47.4 Å². The zero-order chi connectivity index (χ0) is 19.8. The Morgan fingerprint density at radius 3 is 2.18 bits per heavy atom. The van der Waals surface area contributed by atoms with Gasteiger partial charge in [0.2, 0.25) is 5.91 Å². The van der Waals surface area contributed by atoms with Crippen LogP contribution in [0.3, 0.4) is 0 Å². The van der Waals surface area contributed by atoms with Crippen LogP contribution in [0.2, 0.25) is 0 Å². The lowest BCUT2D eigenvalue weighted by Gasteiger charge is -2.21. The van der Waals surface area contributed by atoms with E-state index in [4.69, 9.17) is 9.47 Å². The van der Waals surface area contributed by atoms with E-state index >= 15 is 0 Å². The first kappa shape index (κ1) is 20.0. The zero-order valence-corrected chi connectivity index (χ0v) is 16.6. The van der Waals surface area contributed by atoms with Gasteiger partial charge in [-0.1, -0.05) is 24.3 Å². The van der Waals surface area contributed by atoms with Crippen molar-refractivity contribution in [1.29, 1.82) is 0 Å². The van der Waals surface area contributed by atoms with Gasteiger partial charge in [0.1, 0.15) is 11.5 Å². The molecule has 0 radical (unpaired) electrons. The highest BCUT2D eigenvalue weighted by Gasteiger charge is 2.17. The van der Waals surface area contributed by atoms with E-state index < -0.39 is 0 Å². The molecule has 2 aromatic carbocycles. The molecule has 1 saturated heterocycles. The third-order valence-corrected chi connectivity index (χ3v) is 5.00. The van der Waals surface area contributed by atoms with Gasteiger partial charge in [0, 0.05) is 38.8 Å². The number of benzene rings is 2. The van der Waals surface area contributed by atoms with Crippen LogP contribution in [0.5, 0.6) is 11.5 Å². The van der Waals surface area contributed by atoms with Gasteiger partial charge in [0.05, 0.1) is 14.2 Å². The first-order valence-electron chi connectivity index (χ1n) is 9.64. The van der Waals surface area contributed by atoms with Crippen LogP contribution in [0.15, 0.2) is 54.6 Å². The highest BCUT2D eigenvalue weighted by molar-refractivity contribution is 5.91. The Hall–Kier alpha value is -2.79. The summed E-state index contributed by atoms with van der Waals surface area (Å²) in [4.78, 5) is 16.9. The van der Waals surface area contributed by atoms with Gasteiger partial charge in [-0.15, -0.1) is 0 Å². The molecular formula is C23H28N2O3. The molecule has 0 aliphatic carbocycles. The van der Waals surface area contributed by atoms with Gasteiger partial charge >= 0.3 is 0 Å². The molecule has 2 aromatic rings. The van der Waals surface area contributed by atoms with Crippen LogP contribution in [0.4, 0.5) is 0 Å². The van der Waals surface area contributed by atoms with Crippen molar-refractivity contribution in [3.63, 3.8) is 0 Å². The first-order valence-corrected chi connectivity index (χ1v) is 9.64. The topological polar surface area (TPSA) is 42.0 Å². The quantitative estimate of drug-likeness (QED) is 0.720. The maximum absolute atomic E-state index is 12.6. The minimum Gasteiger partial charge on any atom is -0.497 e. The summed E-state index contributed by atoms with van der Waals surface area (Å²) in [5.41, 5.74) is 2.25. The molecule has 0 aromatic heterocycles. The molecule has 5 nitrogen and oxygen atoms in total. The van der Waals surface area contributed by atoms with Gasteiger partial charge in [-0.2, -0.15) is 0 Å². The second-order valence-electron chi connectivity index (χ2n) is 6.91. The van der Waals surface area contributed by atoms with Gasteiger partial charge in [0.25, 0.3) is 0 Å². The number of amides is 1. The Morgan fingerprint density at radius 2 is 1.54 bits per heavy atom. The van der Waals surface area contributed by atoms with Crippen LogP contribution in [-0.2, 0) is 11.3 Å². The summed E-state index contributed by atoms with van der Waals surface area (Å²) >= 11 is 0. The molecule has 0 saturated carbocycles. The summed E-state index contributed by atoms with van der Waals surface area (Å²) in [6.07, 6.45) is 4.51. The van der Waals surface area contributed by atoms with E-state index in [2.05, 4.69) is 17.0 Å². The predicted octanol–water partition coefficient (Wildman–Crippen LogP) is 3.45. The molecular weight excluding hydrogens is 352 g/mol. The lowest BCUT2D eigenvalue weighted by atomic mass is 10.2. The van der Waals surface area contributed by atoms with E-state index in [0.29, 0.717) is 0 Å². The molecule has 0 N–H and O–H groups in total. The Bertz CT molecular complexity index is 784. The number of hydrogen-bond acceptors (Lipinski definition) is 4. The van der Waals surface area contributed by atoms with Crippen molar-refractivity contribution in [2.45, 2.75) is 13.0 Å². The molecule has 3 rings (SSSR count). The summed E-state index contributed by atoms with van der Waals surface area (Å²) in [5.74, 6) is 1.76. The average Bonchev–Trinajstić information content (AvgIpc) is 2.98. The fraction of sp³-hybridized carbons (Fsp3) is 0.348. The Kier molecular flexibility index (Phi) is 7.09. The lowest BCUT2D eigenvalue weighted by Crippen LogP contribution is -2.34. The number of hydrogen-bond donors (Lipinski definition) is 0. The fourth-order valence-corrected chi connectivity index (χ4v) is 3.33. The van der Waals surface area contributed by atoms with Gasteiger partial charge in [-0.05, 0) is 47.9 Å². The minimum atomic E-state index is 0.0714. The van der Waals surface area contributed by atoms with Crippen LogP contribution in [0.1, 0.15) is 17.5 Å². The van der Waals surface area contributed by atoms with Crippen molar-refractivity contribution >= 4 is 12.0 Å². The molecule has 148 valence electrons. The van der Waals surface area contributed by atoms with Crippen LogP contribution in [0, 0.1) is 0 Å². The predicted molar refractivity (Wildman–Crippen MR) is 111 cm³/mol. The fourth-order valence-electron chi connectivity index (χ4n) is 3.33. The molecule has 1 aliphatic rings. The molecule has 28 heavy (non-hydrogen) atoms. The van der Waals surface area contributed by atoms with E-state index in [1.165, 1.54) is 5.56 Å². The standard InChI is InChI=1S/C23H28N2O3/c1-27-21-9-4-19(5-10-21)8-13-23(26)25-15-3-14-24(16-17-25)18-20-6-11-22(28-2)12-7-20/h4-13H,3,14-18H2,1-2H3/b13-8+. The zero-order valence-electron chi connectivity index (χ0n) is 16.6. The minimum absolute atomic E-state index is 0.0714. The van der Waals surface area contributed by atoms with Crippen LogP contribution < -0.4 is 9.47 Å². The van der Waals surface area contributed by atoms with Crippen molar-refractivity contribution < 1.29 is 14.3 Å². The van der Waals surface area contributed by atoms with Gasteiger partial charge in [-0.3, -0.25) is 9.69 Å². The number of methoxy groups -OCH3 is 2. The number of nitrogens with zero attached hydrogens (tertiary/aromatic N) is 2. The summed E-state index contributed by atoms with van der Waals surface area (Å²) in [6.45, 7) is 4.33. The number of carbonyl (C=O) groups excluding carboxylic acids is 1. The van der Waals surface area contributed by atoms with Crippen LogP contribution in [-0.4, -0.2) is 56.1 Å². The van der Waals surface area contributed by atoms with Crippen LogP contribution in [0.25, 0.3) is 6.08 Å². The van der Waals surface area contributed by atoms with Crippen molar-refractivity contribution in [3.8, 4) is 11.5 Å². The smallest absolute Gasteiger partial charge is 0.246 e. The molecule has 1 fully saturated rings. The Balaban J connectivity index is 1.51. The van der Waals surface area contributed by atoms with Crippen molar-refractivity contribution in [3.05, 3.63) is 65.7 Å².